The molecule has 1 aromatic rings. The Labute approximate surface area is 119 Å². The molecule has 1 aromatic carbocycles. The topological polar surface area (TPSA) is 57.1 Å². The van der Waals surface area contributed by atoms with E-state index < -0.39 is 0 Å². The standard InChI is InChI=1S/C13H13BrN4O/c1-7(2)12-16-10-4-3-8(14)5-9(10)13-17-11(19)6-15-18(12)13/h3-5,7,15H,6H2,1-2H3. The predicted molar refractivity (Wildman–Crippen MR) is 77.5 cm³/mol. The number of aliphatic imine (C=N–C) groups is 2. The summed E-state index contributed by atoms with van der Waals surface area (Å²) in [6.45, 7) is 4.34. The number of carbonyl (C=O) groups is 1. The summed E-state index contributed by atoms with van der Waals surface area (Å²) in [5.74, 6) is 1.58. The van der Waals surface area contributed by atoms with Crippen LogP contribution < -0.4 is 5.43 Å². The Bertz CT molecular complexity index is 621. The first-order valence-corrected chi connectivity index (χ1v) is 6.89. The molecule has 1 N–H and O–H groups in total. The van der Waals surface area contributed by atoms with E-state index in [2.05, 4.69) is 45.2 Å². The lowest BCUT2D eigenvalue weighted by Crippen LogP contribution is -2.55. The van der Waals surface area contributed by atoms with Crippen molar-refractivity contribution >= 4 is 39.2 Å². The monoisotopic (exact) mass is 320 g/mol. The molecule has 0 saturated heterocycles. The van der Waals surface area contributed by atoms with Crippen molar-refractivity contribution in [1.82, 2.24) is 10.4 Å². The molecule has 0 atom stereocenters. The quantitative estimate of drug-likeness (QED) is 0.863. The number of benzene rings is 1. The van der Waals surface area contributed by atoms with Crippen LogP contribution in [0, 0.1) is 5.92 Å². The molecule has 0 saturated carbocycles. The molecule has 2 heterocycles. The van der Waals surface area contributed by atoms with Crippen LogP contribution in [0.5, 0.6) is 0 Å². The highest BCUT2D eigenvalue weighted by Crippen LogP contribution is 2.31. The number of amides is 1. The molecular weight excluding hydrogens is 308 g/mol. The van der Waals surface area contributed by atoms with Crippen LogP contribution in [0.3, 0.4) is 0 Å². The van der Waals surface area contributed by atoms with Crippen molar-refractivity contribution in [3.05, 3.63) is 28.2 Å². The van der Waals surface area contributed by atoms with Gasteiger partial charge in [-0.05, 0) is 18.2 Å². The minimum atomic E-state index is -0.165. The zero-order valence-electron chi connectivity index (χ0n) is 10.6. The molecule has 98 valence electrons. The second-order valence-corrected chi connectivity index (χ2v) is 5.70. The van der Waals surface area contributed by atoms with Gasteiger partial charge in [-0.3, -0.25) is 4.79 Å². The molecule has 0 unspecified atom stereocenters. The first-order chi connectivity index (χ1) is 9.06. The average molecular weight is 321 g/mol. The highest BCUT2D eigenvalue weighted by molar-refractivity contribution is 9.10. The number of halogens is 1. The third kappa shape index (κ3) is 2.11. The Balaban J connectivity index is 2.23. The summed E-state index contributed by atoms with van der Waals surface area (Å²) in [5.41, 5.74) is 4.78. The van der Waals surface area contributed by atoms with Gasteiger partial charge in [0, 0.05) is 16.0 Å². The summed E-state index contributed by atoms with van der Waals surface area (Å²) in [5, 5.41) is 1.82. The number of rotatable bonds is 1. The largest absolute Gasteiger partial charge is 0.271 e. The van der Waals surface area contributed by atoms with Gasteiger partial charge in [0.2, 0.25) is 0 Å². The van der Waals surface area contributed by atoms with E-state index in [9.17, 15) is 4.79 Å². The molecule has 3 rings (SSSR count). The van der Waals surface area contributed by atoms with Crippen molar-refractivity contribution in [2.45, 2.75) is 13.8 Å². The van der Waals surface area contributed by atoms with Crippen molar-refractivity contribution in [1.29, 1.82) is 0 Å². The fourth-order valence-corrected chi connectivity index (χ4v) is 2.51. The van der Waals surface area contributed by atoms with E-state index in [4.69, 9.17) is 0 Å². The zero-order valence-corrected chi connectivity index (χ0v) is 12.2. The van der Waals surface area contributed by atoms with Crippen molar-refractivity contribution in [2.24, 2.45) is 15.9 Å². The van der Waals surface area contributed by atoms with Crippen molar-refractivity contribution in [3.63, 3.8) is 0 Å². The molecule has 5 nitrogen and oxygen atoms in total. The number of nitrogens with one attached hydrogen (secondary N) is 1. The summed E-state index contributed by atoms with van der Waals surface area (Å²) in [6.07, 6.45) is 0. The number of hydrogen-bond donors (Lipinski definition) is 1. The maximum absolute atomic E-state index is 11.6. The highest BCUT2D eigenvalue weighted by Gasteiger charge is 2.31. The Morgan fingerprint density at radius 1 is 1.37 bits per heavy atom. The van der Waals surface area contributed by atoms with Gasteiger partial charge in [0.15, 0.2) is 5.84 Å². The molecule has 1 amide bonds. The van der Waals surface area contributed by atoms with Gasteiger partial charge in [0.05, 0.1) is 12.2 Å². The predicted octanol–water partition coefficient (Wildman–Crippen LogP) is 2.24. The van der Waals surface area contributed by atoms with Crippen LogP contribution in [-0.2, 0) is 4.79 Å². The number of amidine groups is 2. The van der Waals surface area contributed by atoms with Gasteiger partial charge in [-0.25, -0.2) is 15.4 Å². The molecule has 0 aliphatic carbocycles. The summed E-state index contributed by atoms with van der Waals surface area (Å²) >= 11 is 3.44. The van der Waals surface area contributed by atoms with Gasteiger partial charge in [0.25, 0.3) is 5.91 Å². The second kappa shape index (κ2) is 4.54. The van der Waals surface area contributed by atoms with E-state index in [0.717, 1.165) is 21.6 Å². The van der Waals surface area contributed by atoms with Crippen molar-refractivity contribution < 1.29 is 4.79 Å². The number of hydrazine groups is 1. The average Bonchev–Trinajstić information content (AvgIpc) is 2.37. The summed E-state index contributed by atoms with van der Waals surface area (Å²) < 4.78 is 0.940. The molecule has 2 aliphatic heterocycles. The van der Waals surface area contributed by atoms with Gasteiger partial charge >= 0.3 is 0 Å². The molecule has 6 heteroatoms. The fraction of sp³-hybridized carbons (Fsp3) is 0.308. The van der Waals surface area contributed by atoms with Crippen LogP contribution in [0.4, 0.5) is 5.69 Å². The van der Waals surface area contributed by atoms with Crippen LogP contribution in [-0.4, -0.2) is 29.1 Å². The fourth-order valence-electron chi connectivity index (χ4n) is 2.14. The van der Waals surface area contributed by atoms with E-state index in [0.29, 0.717) is 5.84 Å². The van der Waals surface area contributed by atoms with Crippen LogP contribution >= 0.6 is 15.9 Å². The maximum Gasteiger partial charge on any atom is 0.263 e. The third-order valence-electron chi connectivity index (χ3n) is 3.01. The summed E-state index contributed by atoms with van der Waals surface area (Å²) in [7, 11) is 0. The molecule has 0 spiro atoms. The maximum atomic E-state index is 11.6. The molecule has 0 radical (unpaired) electrons. The summed E-state index contributed by atoms with van der Waals surface area (Å²) in [4.78, 5) is 20.4. The second-order valence-electron chi connectivity index (χ2n) is 4.79. The van der Waals surface area contributed by atoms with E-state index in [1.807, 2.05) is 23.2 Å². The highest BCUT2D eigenvalue weighted by atomic mass is 79.9. The van der Waals surface area contributed by atoms with Gasteiger partial charge in [-0.15, -0.1) is 0 Å². The van der Waals surface area contributed by atoms with Gasteiger partial charge in [-0.1, -0.05) is 29.8 Å². The number of carbonyl (C=O) groups excluding carboxylic acids is 1. The molecular formula is C13H13BrN4O. The molecule has 0 bridgehead atoms. The van der Waals surface area contributed by atoms with Crippen LogP contribution in [0.15, 0.2) is 32.7 Å². The van der Waals surface area contributed by atoms with Gasteiger partial charge < -0.3 is 0 Å². The normalized spacial score (nSPS) is 17.9. The molecule has 2 aliphatic rings. The Kier molecular flexibility index (Phi) is 2.99. The van der Waals surface area contributed by atoms with Crippen LogP contribution in [0.2, 0.25) is 0 Å². The van der Waals surface area contributed by atoms with E-state index in [-0.39, 0.29) is 18.4 Å². The van der Waals surface area contributed by atoms with E-state index in [1.54, 1.807) is 0 Å². The molecule has 19 heavy (non-hydrogen) atoms. The van der Waals surface area contributed by atoms with Crippen molar-refractivity contribution in [3.8, 4) is 0 Å². The lowest BCUT2D eigenvalue weighted by atomic mass is 10.1. The lowest BCUT2D eigenvalue weighted by molar-refractivity contribution is -0.118. The Morgan fingerprint density at radius 2 is 2.16 bits per heavy atom. The van der Waals surface area contributed by atoms with E-state index >= 15 is 0 Å². The van der Waals surface area contributed by atoms with Crippen molar-refractivity contribution in [2.75, 3.05) is 6.54 Å². The Hall–Kier alpha value is -1.53. The minimum Gasteiger partial charge on any atom is -0.271 e. The first-order valence-electron chi connectivity index (χ1n) is 6.10. The van der Waals surface area contributed by atoms with E-state index in [1.165, 1.54) is 0 Å². The lowest BCUT2D eigenvalue weighted by Gasteiger charge is -2.35. The van der Waals surface area contributed by atoms with Crippen LogP contribution in [0.1, 0.15) is 19.4 Å². The SMILES string of the molecule is CC(C)C1=Nc2ccc(Br)cc2C2=NC(=O)CNN21. The Morgan fingerprint density at radius 3 is 2.89 bits per heavy atom. The zero-order chi connectivity index (χ0) is 13.6. The first kappa shape index (κ1) is 12.5. The van der Waals surface area contributed by atoms with Crippen LogP contribution in [0.25, 0.3) is 0 Å². The van der Waals surface area contributed by atoms with Gasteiger partial charge in [-0.2, -0.15) is 4.99 Å². The minimum absolute atomic E-state index is 0.165. The molecule has 0 aromatic heterocycles. The summed E-state index contributed by atoms with van der Waals surface area (Å²) in [6, 6.07) is 5.80. The third-order valence-corrected chi connectivity index (χ3v) is 3.50. The number of nitrogens with zero attached hydrogens (tertiary/aromatic N) is 3. The smallest absolute Gasteiger partial charge is 0.263 e. The molecule has 0 fully saturated rings. The van der Waals surface area contributed by atoms with Gasteiger partial charge in [0.1, 0.15) is 5.84 Å². The number of hydrogen-bond acceptors (Lipinski definition) is 4. The number of fused-ring (bicyclic) bond motifs is 3.